The van der Waals surface area contributed by atoms with Crippen LogP contribution in [0.2, 0.25) is 0 Å². The summed E-state index contributed by atoms with van der Waals surface area (Å²) in [6.07, 6.45) is 0.700. The zero-order chi connectivity index (χ0) is 8.48. The van der Waals surface area contributed by atoms with Crippen molar-refractivity contribution in [1.82, 2.24) is 0 Å². The zero-order valence-corrected chi connectivity index (χ0v) is 6.82. The van der Waals surface area contributed by atoms with Crippen molar-refractivity contribution in [1.29, 1.82) is 0 Å². The lowest BCUT2D eigenvalue weighted by Gasteiger charge is -2.17. The van der Waals surface area contributed by atoms with Gasteiger partial charge in [0, 0.05) is 11.5 Å². The van der Waals surface area contributed by atoms with E-state index in [-0.39, 0.29) is 5.54 Å². The van der Waals surface area contributed by atoms with E-state index in [1.807, 2.05) is 0 Å². The lowest BCUT2D eigenvalue weighted by Crippen LogP contribution is -2.28. The van der Waals surface area contributed by atoms with Gasteiger partial charge in [-0.05, 0) is 25.7 Å². The Labute approximate surface area is 66.0 Å². The van der Waals surface area contributed by atoms with Crippen LogP contribution in [0.3, 0.4) is 0 Å². The molecule has 1 atom stereocenters. The number of rotatable bonds is 4. The van der Waals surface area contributed by atoms with Crippen LogP contribution >= 0.6 is 0 Å². The third-order valence-electron chi connectivity index (χ3n) is 2.44. The highest BCUT2D eigenvalue weighted by atomic mass is 19.3. The number of hydrogen-bond donors (Lipinski definition) is 1. The van der Waals surface area contributed by atoms with E-state index in [1.54, 1.807) is 6.92 Å². The molecule has 0 amide bonds. The topological polar surface area (TPSA) is 26.0 Å². The maximum Gasteiger partial charge on any atom is 0.241 e. The van der Waals surface area contributed by atoms with Gasteiger partial charge < -0.3 is 5.73 Å². The Balaban J connectivity index is 2.31. The molecule has 0 aromatic rings. The Morgan fingerprint density at radius 1 is 1.45 bits per heavy atom. The number of alkyl halides is 2. The fourth-order valence-electron chi connectivity index (χ4n) is 1.30. The second-order valence-electron chi connectivity index (χ2n) is 3.57. The third-order valence-corrected chi connectivity index (χ3v) is 2.44. The van der Waals surface area contributed by atoms with Gasteiger partial charge >= 0.3 is 0 Å². The van der Waals surface area contributed by atoms with Crippen LogP contribution in [0.1, 0.15) is 32.6 Å². The molecule has 1 saturated carbocycles. The molecule has 0 spiro atoms. The van der Waals surface area contributed by atoms with E-state index in [4.69, 9.17) is 5.73 Å². The molecule has 0 aliphatic heterocycles. The summed E-state index contributed by atoms with van der Waals surface area (Å²) in [5.41, 5.74) is 5.50. The monoisotopic (exact) mass is 163 g/mol. The largest absolute Gasteiger partial charge is 0.325 e. The van der Waals surface area contributed by atoms with Crippen molar-refractivity contribution in [3.63, 3.8) is 0 Å². The van der Waals surface area contributed by atoms with Crippen molar-refractivity contribution in [3.05, 3.63) is 0 Å². The highest BCUT2D eigenvalue weighted by Crippen LogP contribution is 2.40. The van der Waals surface area contributed by atoms with E-state index in [9.17, 15) is 8.78 Å². The average Bonchev–Trinajstić information content (AvgIpc) is 2.64. The molecular weight excluding hydrogens is 148 g/mol. The number of nitrogens with two attached hydrogens (primary N) is 1. The molecule has 1 aliphatic rings. The molecule has 1 unspecified atom stereocenters. The second-order valence-corrected chi connectivity index (χ2v) is 3.57. The average molecular weight is 163 g/mol. The quantitative estimate of drug-likeness (QED) is 0.675. The minimum absolute atomic E-state index is 0.225. The van der Waals surface area contributed by atoms with Gasteiger partial charge in [0.25, 0.3) is 0 Å². The molecule has 1 nitrogen and oxygen atoms in total. The summed E-state index contributed by atoms with van der Waals surface area (Å²) in [4.78, 5) is 0. The van der Waals surface area contributed by atoms with E-state index in [2.05, 4.69) is 0 Å². The smallest absolute Gasteiger partial charge is 0.241 e. The van der Waals surface area contributed by atoms with Gasteiger partial charge in [-0.25, -0.2) is 8.78 Å². The molecule has 11 heavy (non-hydrogen) atoms. The molecule has 0 aromatic heterocycles. The number of hydrogen-bond acceptors (Lipinski definition) is 1. The summed E-state index contributed by atoms with van der Waals surface area (Å²) in [6.45, 7) is 1.79. The number of halogens is 2. The first kappa shape index (κ1) is 8.91. The highest BCUT2D eigenvalue weighted by molar-refractivity contribution is 4.99. The fraction of sp³-hybridized carbons (Fsp3) is 1.00. The molecule has 1 aliphatic carbocycles. The summed E-state index contributed by atoms with van der Waals surface area (Å²) in [6, 6.07) is 0. The Hall–Kier alpha value is -0.180. The van der Waals surface area contributed by atoms with Gasteiger partial charge in [-0.3, -0.25) is 0 Å². The van der Waals surface area contributed by atoms with Crippen LogP contribution in [0.4, 0.5) is 8.78 Å². The molecule has 2 N–H and O–H groups in total. The van der Waals surface area contributed by atoms with Crippen molar-refractivity contribution in [3.8, 4) is 0 Å². The molecule has 3 heteroatoms. The molecule has 66 valence electrons. The van der Waals surface area contributed by atoms with Crippen LogP contribution in [0.15, 0.2) is 0 Å². The van der Waals surface area contributed by atoms with Gasteiger partial charge in [-0.15, -0.1) is 0 Å². The van der Waals surface area contributed by atoms with Crippen LogP contribution in [0.25, 0.3) is 0 Å². The SMILES string of the molecule is CCC(CC1(N)CC1)C(F)F. The van der Waals surface area contributed by atoms with Gasteiger partial charge in [-0.1, -0.05) is 6.92 Å². The molecular formula is C8H15F2N. The Kier molecular flexibility index (Phi) is 2.47. The van der Waals surface area contributed by atoms with Crippen molar-refractivity contribution < 1.29 is 8.78 Å². The van der Waals surface area contributed by atoms with Gasteiger partial charge in [0.1, 0.15) is 0 Å². The highest BCUT2D eigenvalue weighted by Gasteiger charge is 2.41. The maximum absolute atomic E-state index is 12.2. The minimum Gasteiger partial charge on any atom is -0.325 e. The fourth-order valence-corrected chi connectivity index (χ4v) is 1.30. The summed E-state index contributed by atoms with van der Waals surface area (Å²) in [5.74, 6) is -0.484. The first-order valence-electron chi connectivity index (χ1n) is 4.14. The summed E-state index contributed by atoms with van der Waals surface area (Å²) < 4.78 is 24.4. The maximum atomic E-state index is 12.2. The van der Waals surface area contributed by atoms with Gasteiger partial charge in [0.15, 0.2) is 0 Å². The summed E-state index contributed by atoms with van der Waals surface area (Å²) in [5, 5.41) is 0. The van der Waals surface area contributed by atoms with Gasteiger partial charge in [0.05, 0.1) is 0 Å². The van der Waals surface area contributed by atoms with Gasteiger partial charge in [-0.2, -0.15) is 0 Å². The molecule has 1 fully saturated rings. The lowest BCUT2D eigenvalue weighted by atomic mass is 9.97. The van der Waals surface area contributed by atoms with E-state index in [1.165, 1.54) is 0 Å². The Bertz CT molecular complexity index is 132. The van der Waals surface area contributed by atoms with E-state index >= 15 is 0 Å². The Morgan fingerprint density at radius 2 is 2.00 bits per heavy atom. The first-order valence-corrected chi connectivity index (χ1v) is 4.14. The molecule has 0 aromatic carbocycles. The van der Waals surface area contributed by atoms with E-state index < -0.39 is 12.3 Å². The molecule has 0 heterocycles. The van der Waals surface area contributed by atoms with Crippen molar-refractivity contribution in [2.75, 3.05) is 0 Å². The molecule has 0 saturated heterocycles. The van der Waals surface area contributed by atoms with E-state index in [0.717, 1.165) is 12.8 Å². The van der Waals surface area contributed by atoms with Crippen molar-refractivity contribution >= 4 is 0 Å². The predicted octanol–water partition coefficient (Wildman–Crippen LogP) is 2.16. The van der Waals surface area contributed by atoms with Crippen LogP contribution in [0.5, 0.6) is 0 Å². The summed E-state index contributed by atoms with van der Waals surface area (Å²) in [7, 11) is 0. The van der Waals surface area contributed by atoms with Crippen LogP contribution in [0, 0.1) is 5.92 Å². The van der Waals surface area contributed by atoms with Crippen molar-refractivity contribution in [2.45, 2.75) is 44.6 Å². The third kappa shape index (κ3) is 2.40. The summed E-state index contributed by atoms with van der Waals surface area (Å²) >= 11 is 0. The van der Waals surface area contributed by atoms with Crippen LogP contribution in [-0.4, -0.2) is 12.0 Å². The predicted molar refractivity (Wildman–Crippen MR) is 40.6 cm³/mol. The Morgan fingerprint density at radius 3 is 2.27 bits per heavy atom. The molecule has 0 radical (unpaired) electrons. The van der Waals surface area contributed by atoms with Crippen LogP contribution in [-0.2, 0) is 0 Å². The minimum atomic E-state index is -2.19. The van der Waals surface area contributed by atoms with E-state index in [0.29, 0.717) is 12.8 Å². The van der Waals surface area contributed by atoms with Gasteiger partial charge in [0.2, 0.25) is 6.43 Å². The first-order chi connectivity index (χ1) is 5.07. The zero-order valence-electron chi connectivity index (χ0n) is 6.82. The second kappa shape index (κ2) is 3.05. The van der Waals surface area contributed by atoms with Crippen molar-refractivity contribution in [2.24, 2.45) is 11.7 Å². The normalized spacial score (nSPS) is 23.7. The lowest BCUT2D eigenvalue weighted by molar-refractivity contribution is 0.0647. The molecule has 1 rings (SSSR count). The standard InChI is InChI=1S/C8H15F2N/c1-2-6(7(9)10)5-8(11)3-4-8/h6-7H,2-5,11H2,1H3. The van der Waals surface area contributed by atoms with Crippen LogP contribution < -0.4 is 5.73 Å². The molecule has 0 bridgehead atoms.